The summed E-state index contributed by atoms with van der Waals surface area (Å²) in [6.45, 7) is 5.08. The summed E-state index contributed by atoms with van der Waals surface area (Å²) in [5.41, 5.74) is 2.56. The summed E-state index contributed by atoms with van der Waals surface area (Å²) in [6, 6.07) is 8.32. The summed E-state index contributed by atoms with van der Waals surface area (Å²) < 4.78 is 26.6. The predicted octanol–water partition coefficient (Wildman–Crippen LogP) is 3.46. The number of alkyl halides is 2. The monoisotopic (exact) mass is 336 g/mol. The van der Waals surface area contributed by atoms with E-state index in [4.69, 9.17) is 0 Å². The van der Waals surface area contributed by atoms with Gasteiger partial charge in [0.15, 0.2) is 0 Å². The SMILES string of the molecule is Cc1ccccc1CN1CCCC(C(=O)N2CCC(F)(F)CC2)C1. The van der Waals surface area contributed by atoms with E-state index in [1.807, 2.05) is 12.1 Å². The Bertz CT molecular complexity index is 580. The van der Waals surface area contributed by atoms with Gasteiger partial charge in [-0.3, -0.25) is 9.69 Å². The lowest BCUT2D eigenvalue weighted by Crippen LogP contribution is -2.48. The van der Waals surface area contributed by atoms with Crippen LogP contribution >= 0.6 is 0 Å². The van der Waals surface area contributed by atoms with E-state index in [1.54, 1.807) is 4.90 Å². The zero-order valence-corrected chi connectivity index (χ0v) is 14.3. The van der Waals surface area contributed by atoms with Crippen LogP contribution in [-0.4, -0.2) is 47.8 Å². The number of amides is 1. The maximum atomic E-state index is 13.3. The molecule has 1 amide bonds. The Morgan fingerprint density at radius 1 is 1.21 bits per heavy atom. The summed E-state index contributed by atoms with van der Waals surface area (Å²) in [5, 5.41) is 0. The van der Waals surface area contributed by atoms with Crippen molar-refractivity contribution in [3.8, 4) is 0 Å². The normalized spacial score (nSPS) is 24.8. The molecular weight excluding hydrogens is 310 g/mol. The summed E-state index contributed by atoms with van der Waals surface area (Å²) in [5.74, 6) is -2.57. The van der Waals surface area contributed by atoms with E-state index < -0.39 is 5.92 Å². The Labute approximate surface area is 142 Å². The van der Waals surface area contributed by atoms with Crippen LogP contribution in [0.3, 0.4) is 0 Å². The van der Waals surface area contributed by atoms with Crippen LogP contribution in [0.1, 0.15) is 36.8 Å². The quantitative estimate of drug-likeness (QED) is 0.844. The van der Waals surface area contributed by atoms with Crippen molar-refractivity contribution in [2.75, 3.05) is 26.2 Å². The van der Waals surface area contributed by atoms with Gasteiger partial charge in [-0.1, -0.05) is 24.3 Å². The van der Waals surface area contributed by atoms with E-state index in [0.29, 0.717) is 0 Å². The highest BCUT2D eigenvalue weighted by molar-refractivity contribution is 5.79. The number of halogens is 2. The Kier molecular flexibility index (Phi) is 5.18. The Morgan fingerprint density at radius 2 is 1.92 bits per heavy atom. The highest BCUT2D eigenvalue weighted by atomic mass is 19.3. The zero-order valence-electron chi connectivity index (χ0n) is 14.3. The molecule has 2 fully saturated rings. The van der Waals surface area contributed by atoms with E-state index >= 15 is 0 Å². The van der Waals surface area contributed by atoms with Gasteiger partial charge in [0.05, 0.1) is 5.92 Å². The number of hydrogen-bond acceptors (Lipinski definition) is 2. The maximum absolute atomic E-state index is 13.3. The predicted molar refractivity (Wildman–Crippen MR) is 89.9 cm³/mol. The first-order chi connectivity index (χ1) is 11.4. The molecule has 3 nitrogen and oxygen atoms in total. The molecule has 132 valence electrons. The second-order valence-corrected chi connectivity index (χ2v) is 7.18. The Hall–Kier alpha value is -1.49. The lowest BCUT2D eigenvalue weighted by atomic mass is 9.94. The summed E-state index contributed by atoms with van der Waals surface area (Å²) >= 11 is 0. The van der Waals surface area contributed by atoms with Gasteiger partial charge in [-0.25, -0.2) is 8.78 Å². The Balaban J connectivity index is 1.57. The van der Waals surface area contributed by atoms with E-state index in [2.05, 4.69) is 24.0 Å². The number of nitrogens with zero attached hydrogens (tertiary/aromatic N) is 2. The molecule has 2 aliphatic rings. The van der Waals surface area contributed by atoms with Crippen molar-refractivity contribution in [3.05, 3.63) is 35.4 Å². The minimum absolute atomic E-state index is 0.0468. The molecule has 0 spiro atoms. The van der Waals surface area contributed by atoms with Gasteiger partial charge in [0.2, 0.25) is 5.91 Å². The van der Waals surface area contributed by atoms with Gasteiger partial charge < -0.3 is 4.90 Å². The molecule has 5 heteroatoms. The number of rotatable bonds is 3. The molecule has 1 aromatic rings. The number of hydrogen-bond donors (Lipinski definition) is 0. The van der Waals surface area contributed by atoms with Crippen LogP contribution in [0.5, 0.6) is 0 Å². The van der Waals surface area contributed by atoms with Crippen LogP contribution in [-0.2, 0) is 11.3 Å². The van der Waals surface area contributed by atoms with Gasteiger partial charge in [0.1, 0.15) is 0 Å². The molecule has 2 heterocycles. The first-order valence-corrected chi connectivity index (χ1v) is 8.88. The van der Waals surface area contributed by atoms with E-state index in [0.717, 1.165) is 32.5 Å². The first-order valence-electron chi connectivity index (χ1n) is 8.88. The first kappa shape index (κ1) is 17.3. The number of aryl methyl sites for hydroxylation is 1. The molecule has 0 radical (unpaired) electrons. The molecule has 2 saturated heterocycles. The van der Waals surface area contributed by atoms with Gasteiger partial charge in [-0.15, -0.1) is 0 Å². The highest BCUT2D eigenvalue weighted by Crippen LogP contribution is 2.29. The van der Waals surface area contributed by atoms with Crippen LogP contribution in [0.2, 0.25) is 0 Å². The molecular formula is C19H26F2N2O. The molecule has 2 aliphatic heterocycles. The molecule has 24 heavy (non-hydrogen) atoms. The van der Waals surface area contributed by atoms with E-state index in [9.17, 15) is 13.6 Å². The fourth-order valence-corrected chi connectivity index (χ4v) is 3.74. The average Bonchev–Trinajstić information content (AvgIpc) is 2.57. The Morgan fingerprint density at radius 3 is 2.62 bits per heavy atom. The number of likely N-dealkylation sites (tertiary alicyclic amines) is 2. The summed E-state index contributed by atoms with van der Waals surface area (Å²) in [6.07, 6.45) is 1.47. The molecule has 0 bridgehead atoms. The number of carbonyl (C=O) groups is 1. The molecule has 0 saturated carbocycles. The molecule has 0 aliphatic carbocycles. The largest absolute Gasteiger partial charge is 0.342 e. The van der Waals surface area contributed by atoms with Crippen molar-refractivity contribution in [1.82, 2.24) is 9.80 Å². The average molecular weight is 336 g/mol. The minimum atomic E-state index is -2.60. The summed E-state index contributed by atoms with van der Waals surface area (Å²) in [4.78, 5) is 16.7. The third-order valence-corrected chi connectivity index (χ3v) is 5.32. The molecule has 3 rings (SSSR count). The molecule has 0 N–H and O–H groups in total. The van der Waals surface area contributed by atoms with Gasteiger partial charge in [0.25, 0.3) is 5.92 Å². The fourth-order valence-electron chi connectivity index (χ4n) is 3.74. The number of benzene rings is 1. The standard InChI is InChI=1S/C19H26F2N2O/c1-15-5-2-3-6-16(15)13-22-10-4-7-17(14-22)18(24)23-11-8-19(20,21)9-12-23/h2-3,5-6,17H,4,7-14H2,1H3. The molecule has 1 unspecified atom stereocenters. The molecule has 1 atom stereocenters. The van der Waals surface area contributed by atoms with Crippen molar-refractivity contribution < 1.29 is 13.6 Å². The highest BCUT2D eigenvalue weighted by Gasteiger charge is 2.38. The zero-order chi connectivity index (χ0) is 17.2. The third kappa shape index (κ3) is 4.12. The fraction of sp³-hybridized carbons (Fsp3) is 0.632. The van der Waals surface area contributed by atoms with Gasteiger partial charge >= 0.3 is 0 Å². The van der Waals surface area contributed by atoms with Crippen LogP contribution in [0.4, 0.5) is 8.78 Å². The van der Waals surface area contributed by atoms with Crippen LogP contribution in [0.15, 0.2) is 24.3 Å². The molecule has 1 aromatic carbocycles. The lowest BCUT2D eigenvalue weighted by Gasteiger charge is -2.37. The van der Waals surface area contributed by atoms with Crippen molar-refractivity contribution >= 4 is 5.91 Å². The smallest absolute Gasteiger partial charge is 0.251 e. The van der Waals surface area contributed by atoms with Crippen LogP contribution in [0, 0.1) is 12.8 Å². The van der Waals surface area contributed by atoms with Crippen molar-refractivity contribution in [2.24, 2.45) is 5.92 Å². The van der Waals surface area contributed by atoms with E-state index in [1.165, 1.54) is 11.1 Å². The third-order valence-electron chi connectivity index (χ3n) is 5.32. The minimum Gasteiger partial charge on any atom is -0.342 e. The van der Waals surface area contributed by atoms with Crippen LogP contribution in [0.25, 0.3) is 0 Å². The number of carbonyl (C=O) groups excluding carboxylic acids is 1. The van der Waals surface area contributed by atoms with Crippen molar-refractivity contribution in [1.29, 1.82) is 0 Å². The van der Waals surface area contributed by atoms with Gasteiger partial charge in [0, 0.05) is 39.0 Å². The van der Waals surface area contributed by atoms with Crippen molar-refractivity contribution in [3.63, 3.8) is 0 Å². The van der Waals surface area contributed by atoms with Crippen LogP contribution < -0.4 is 0 Å². The number of piperidine rings is 2. The second-order valence-electron chi connectivity index (χ2n) is 7.18. The topological polar surface area (TPSA) is 23.6 Å². The summed E-state index contributed by atoms with van der Waals surface area (Å²) in [7, 11) is 0. The second kappa shape index (κ2) is 7.18. The van der Waals surface area contributed by atoms with Crippen molar-refractivity contribution in [2.45, 2.75) is 45.1 Å². The van der Waals surface area contributed by atoms with Gasteiger partial charge in [-0.2, -0.15) is 0 Å². The maximum Gasteiger partial charge on any atom is 0.251 e. The van der Waals surface area contributed by atoms with E-state index in [-0.39, 0.29) is 37.8 Å². The lowest BCUT2D eigenvalue weighted by molar-refractivity contribution is -0.143. The molecule has 0 aromatic heterocycles. The van der Waals surface area contributed by atoms with Gasteiger partial charge in [-0.05, 0) is 37.4 Å².